The summed E-state index contributed by atoms with van der Waals surface area (Å²) in [6.07, 6.45) is 1.44. The van der Waals surface area contributed by atoms with Crippen LogP contribution >= 0.6 is 0 Å². The molecule has 186 valence electrons. The van der Waals surface area contributed by atoms with Crippen LogP contribution in [-0.2, 0) is 11.3 Å². The Morgan fingerprint density at radius 3 is 2.35 bits per heavy atom. The van der Waals surface area contributed by atoms with Crippen molar-refractivity contribution in [2.24, 2.45) is 0 Å². The van der Waals surface area contributed by atoms with Crippen LogP contribution in [0.3, 0.4) is 0 Å². The van der Waals surface area contributed by atoms with Crippen molar-refractivity contribution in [3.05, 3.63) is 87.2 Å². The fourth-order valence-electron chi connectivity index (χ4n) is 4.54. The van der Waals surface area contributed by atoms with E-state index in [0.717, 1.165) is 11.1 Å². The van der Waals surface area contributed by atoms with E-state index in [1.807, 2.05) is 19.9 Å². The lowest BCUT2D eigenvalue weighted by Gasteiger charge is -2.15. The number of aromatic nitrogens is 1. The Bertz CT molecular complexity index is 1670. The van der Waals surface area contributed by atoms with Crippen LogP contribution in [0.5, 0.6) is 23.0 Å². The third kappa shape index (κ3) is 3.94. The normalized spacial score (nSPS) is 13.1. The number of fused-ring (bicyclic) bond motifs is 3. The average Bonchev–Trinajstić information content (AvgIpc) is 3.54. The van der Waals surface area contributed by atoms with Crippen molar-refractivity contribution in [1.82, 2.24) is 4.57 Å². The average molecular weight is 498 g/mol. The highest BCUT2D eigenvalue weighted by Crippen LogP contribution is 2.36. The predicted octanol–water partition coefficient (Wildman–Crippen LogP) is 3.95. The molecule has 0 spiro atoms. The van der Waals surface area contributed by atoms with Crippen LogP contribution < -0.4 is 29.7 Å². The molecule has 9 heteroatoms. The highest BCUT2D eigenvalue weighted by Gasteiger charge is 2.23. The number of ether oxygens (including phenoxy) is 4. The number of pyridine rings is 1. The zero-order valence-corrected chi connectivity index (χ0v) is 20.1. The molecule has 0 aliphatic carbocycles. The molecule has 1 N–H and O–H groups in total. The van der Waals surface area contributed by atoms with E-state index < -0.39 is 11.2 Å². The Kier molecular flexibility index (Phi) is 5.33. The number of rotatable bonds is 5. The summed E-state index contributed by atoms with van der Waals surface area (Å²) in [6, 6.07) is 13.7. The Morgan fingerprint density at radius 1 is 0.865 bits per heavy atom. The summed E-state index contributed by atoms with van der Waals surface area (Å²) in [4.78, 5) is 40.2. The van der Waals surface area contributed by atoms with Gasteiger partial charge in [-0.1, -0.05) is 18.2 Å². The minimum atomic E-state index is -0.438. The van der Waals surface area contributed by atoms with Gasteiger partial charge in [-0.3, -0.25) is 14.4 Å². The number of amides is 1. The second-order valence-corrected chi connectivity index (χ2v) is 8.92. The quantitative estimate of drug-likeness (QED) is 0.416. The number of carbonyl (C=O) groups excluding carboxylic acids is 2. The minimum absolute atomic E-state index is 0.0265. The first-order chi connectivity index (χ1) is 17.9. The highest BCUT2D eigenvalue weighted by molar-refractivity contribution is 6.11. The maximum absolute atomic E-state index is 13.6. The van der Waals surface area contributed by atoms with Gasteiger partial charge in [0.15, 0.2) is 28.8 Å². The number of carbonyl (C=O) groups is 2. The Balaban J connectivity index is 1.42. The molecule has 3 heterocycles. The molecular weight excluding hydrogens is 476 g/mol. The lowest BCUT2D eigenvalue weighted by atomic mass is 9.96. The third-order valence-corrected chi connectivity index (χ3v) is 6.64. The first kappa shape index (κ1) is 22.7. The van der Waals surface area contributed by atoms with Crippen LogP contribution in [0.4, 0.5) is 5.69 Å². The van der Waals surface area contributed by atoms with Crippen molar-refractivity contribution in [3.63, 3.8) is 0 Å². The fraction of sp³-hybridized carbons (Fsp3) is 0.179. The van der Waals surface area contributed by atoms with Crippen molar-refractivity contribution in [3.8, 4) is 23.0 Å². The summed E-state index contributed by atoms with van der Waals surface area (Å²) >= 11 is 0. The number of aryl methyl sites for hydroxylation is 1. The van der Waals surface area contributed by atoms with Crippen LogP contribution in [0.15, 0.2) is 59.5 Å². The zero-order valence-electron chi connectivity index (χ0n) is 20.1. The largest absolute Gasteiger partial charge is 0.454 e. The van der Waals surface area contributed by atoms with E-state index in [2.05, 4.69) is 5.32 Å². The van der Waals surface area contributed by atoms with Crippen molar-refractivity contribution in [1.29, 1.82) is 0 Å². The van der Waals surface area contributed by atoms with Crippen molar-refractivity contribution in [2.75, 3.05) is 18.9 Å². The summed E-state index contributed by atoms with van der Waals surface area (Å²) in [7, 11) is 0. The Morgan fingerprint density at radius 2 is 1.57 bits per heavy atom. The maximum atomic E-state index is 13.6. The van der Waals surface area contributed by atoms with Crippen LogP contribution in [0.2, 0.25) is 0 Å². The second-order valence-electron chi connectivity index (χ2n) is 8.92. The van der Waals surface area contributed by atoms with E-state index in [0.29, 0.717) is 39.8 Å². The molecule has 0 bridgehead atoms. The molecule has 3 aromatic carbocycles. The molecular formula is C28H22N2O7. The number of hydrogen-bond donors (Lipinski definition) is 1. The van der Waals surface area contributed by atoms with E-state index in [4.69, 9.17) is 18.9 Å². The van der Waals surface area contributed by atoms with Gasteiger partial charge in [-0.15, -0.1) is 0 Å². The van der Waals surface area contributed by atoms with Crippen LogP contribution in [-0.4, -0.2) is 29.8 Å². The maximum Gasteiger partial charge on any atom is 0.244 e. The topological polar surface area (TPSA) is 105 Å². The van der Waals surface area contributed by atoms with E-state index in [-0.39, 0.29) is 37.0 Å². The number of hydrogen-bond acceptors (Lipinski definition) is 7. The summed E-state index contributed by atoms with van der Waals surface area (Å²) in [5.74, 6) is 1.26. The van der Waals surface area contributed by atoms with Crippen molar-refractivity contribution in [2.45, 2.75) is 20.4 Å². The number of ketones is 1. The predicted molar refractivity (Wildman–Crippen MR) is 135 cm³/mol. The van der Waals surface area contributed by atoms with Gasteiger partial charge in [0.05, 0.1) is 16.5 Å². The molecule has 2 aliphatic rings. The van der Waals surface area contributed by atoms with Gasteiger partial charge in [-0.25, -0.2) is 0 Å². The first-order valence-electron chi connectivity index (χ1n) is 11.7. The van der Waals surface area contributed by atoms with E-state index in [1.54, 1.807) is 47.0 Å². The van der Waals surface area contributed by atoms with E-state index in [9.17, 15) is 14.4 Å². The fourth-order valence-corrected chi connectivity index (χ4v) is 4.54. The lowest BCUT2D eigenvalue weighted by molar-refractivity contribution is -0.116. The molecule has 0 saturated carbocycles. The van der Waals surface area contributed by atoms with Gasteiger partial charge in [0, 0.05) is 29.6 Å². The number of anilines is 1. The highest BCUT2D eigenvalue weighted by atomic mass is 16.7. The van der Waals surface area contributed by atoms with Gasteiger partial charge in [0.2, 0.25) is 24.9 Å². The standard InChI is InChI=1S/C28H22N2O7/c1-15-4-3-5-18(16(15)2)27(32)20-11-30(21-10-25-24(36-14-37-25)9-19(21)28(20)33)12-26(31)29-17-6-7-22-23(8-17)35-13-34-22/h3-11H,12-14H2,1-2H3,(H,29,31). The Hall–Kier alpha value is -4.79. The molecule has 2 aliphatic heterocycles. The van der Waals surface area contributed by atoms with Crippen molar-refractivity contribution >= 4 is 28.3 Å². The molecule has 1 aromatic heterocycles. The monoisotopic (exact) mass is 498 g/mol. The molecule has 0 radical (unpaired) electrons. The van der Waals surface area contributed by atoms with Gasteiger partial charge in [0.1, 0.15) is 6.54 Å². The molecule has 9 nitrogen and oxygen atoms in total. The molecule has 0 saturated heterocycles. The van der Waals surface area contributed by atoms with E-state index >= 15 is 0 Å². The van der Waals surface area contributed by atoms with Gasteiger partial charge in [-0.2, -0.15) is 0 Å². The van der Waals surface area contributed by atoms with E-state index in [1.165, 1.54) is 6.20 Å². The Labute approximate surface area is 211 Å². The molecule has 1 amide bonds. The zero-order chi connectivity index (χ0) is 25.7. The molecule has 4 aromatic rings. The van der Waals surface area contributed by atoms with Gasteiger partial charge in [0.25, 0.3) is 0 Å². The SMILES string of the molecule is Cc1cccc(C(=O)c2cn(CC(=O)Nc3ccc4c(c3)OCO4)c3cc4c(cc3c2=O)OCO4)c1C. The van der Waals surface area contributed by atoms with Gasteiger partial charge < -0.3 is 28.8 Å². The summed E-state index contributed by atoms with van der Waals surface area (Å²) < 4.78 is 23.2. The minimum Gasteiger partial charge on any atom is -0.454 e. The smallest absolute Gasteiger partial charge is 0.244 e. The lowest BCUT2D eigenvalue weighted by Crippen LogP contribution is -2.24. The number of nitrogens with zero attached hydrogens (tertiary/aromatic N) is 1. The molecule has 0 fully saturated rings. The van der Waals surface area contributed by atoms with Crippen LogP contribution in [0.1, 0.15) is 27.0 Å². The first-order valence-corrected chi connectivity index (χ1v) is 11.7. The van der Waals surface area contributed by atoms with Gasteiger partial charge in [-0.05, 0) is 43.2 Å². The van der Waals surface area contributed by atoms with Crippen LogP contribution in [0.25, 0.3) is 10.9 Å². The second kappa shape index (κ2) is 8.70. The van der Waals surface area contributed by atoms with Crippen LogP contribution in [0, 0.1) is 13.8 Å². The summed E-state index contributed by atoms with van der Waals surface area (Å²) in [6.45, 7) is 3.75. The molecule has 6 rings (SSSR count). The van der Waals surface area contributed by atoms with Crippen molar-refractivity contribution < 1.29 is 28.5 Å². The third-order valence-electron chi connectivity index (χ3n) is 6.64. The molecule has 0 atom stereocenters. The number of nitrogens with one attached hydrogen (secondary N) is 1. The van der Waals surface area contributed by atoms with Gasteiger partial charge >= 0.3 is 0 Å². The molecule has 0 unspecified atom stereocenters. The molecule has 37 heavy (non-hydrogen) atoms. The number of benzene rings is 3. The summed E-state index contributed by atoms with van der Waals surface area (Å²) in [5.41, 5.74) is 2.69. The summed E-state index contributed by atoms with van der Waals surface area (Å²) in [5, 5.41) is 3.09.